The lowest BCUT2D eigenvalue weighted by Gasteiger charge is -2.13. The summed E-state index contributed by atoms with van der Waals surface area (Å²) in [5, 5.41) is 0.0936. The van der Waals surface area contributed by atoms with E-state index in [-0.39, 0.29) is 21.3 Å². The summed E-state index contributed by atoms with van der Waals surface area (Å²) in [7, 11) is -4.28. The molecule has 0 unspecified atom stereocenters. The van der Waals surface area contributed by atoms with Gasteiger partial charge < -0.3 is 9.38 Å². The van der Waals surface area contributed by atoms with E-state index >= 15 is 4.39 Å². The van der Waals surface area contributed by atoms with Crippen molar-refractivity contribution in [3.63, 3.8) is 0 Å². The molecule has 0 aliphatic heterocycles. The van der Waals surface area contributed by atoms with Gasteiger partial charge in [-0.1, -0.05) is 23.7 Å². The van der Waals surface area contributed by atoms with Crippen molar-refractivity contribution in [3.05, 3.63) is 89.7 Å². The van der Waals surface area contributed by atoms with Crippen molar-refractivity contribution in [1.82, 2.24) is 29.3 Å². The molecule has 0 amide bonds. The zero-order valence-electron chi connectivity index (χ0n) is 19.4. The second kappa shape index (κ2) is 8.85. The van der Waals surface area contributed by atoms with E-state index in [1.54, 1.807) is 4.40 Å². The maximum absolute atomic E-state index is 15.5. The van der Waals surface area contributed by atoms with E-state index in [1.165, 1.54) is 37.9 Å². The predicted molar refractivity (Wildman–Crippen MR) is 138 cm³/mol. The Kier molecular flexibility index (Phi) is 5.58. The highest BCUT2D eigenvalue weighted by Gasteiger charge is 2.24. The molecule has 0 atom stereocenters. The lowest BCUT2D eigenvalue weighted by atomic mass is 10.1. The quantitative estimate of drug-likeness (QED) is 0.297. The summed E-state index contributed by atoms with van der Waals surface area (Å²) in [5.74, 6) is -1.54. The van der Waals surface area contributed by atoms with Crippen LogP contribution in [0, 0.1) is 18.6 Å². The van der Waals surface area contributed by atoms with Crippen LogP contribution in [-0.2, 0) is 10.0 Å². The standard InChI is InChI=1S/C25H16ClF2N7O2S/c1-13-21(8-14(26)9-29-13)38(36,37)34-18-7-6-15(27)22(23(18)28)19-11-35-12-31-24(20(35)10-30-19)25-32-16-4-2-3-5-17(16)33-25/h2-12,34H,1H3,(H,32,33). The highest BCUT2D eigenvalue weighted by atomic mass is 35.5. The molecule has 4 heterocycles. The van der Waals surface area contributed by atoms with Crippen molar-refractivity contribution < 1.29 is 17.2 Å². The van der Waals surface area contributed by atoms with Gasteiger partial charge in [0, 0.05) is 12.4 Å². The lowest BCUT2D eigenvalue weighted by Crippen LogP contribution is -2.16. The Morgan fingerprint density at radius 1 is 1.05 bits per heavy atom. The fraction of sp³-hybridized carbons (Fsp3) is 0.0400. The van der Waals surface area contributed by atoms with Gasteiger partial charge in [-0.15, -0.1) is 0 Å². The number of rotatable bonds is 5. The van der Waals surface area contributed by atoms with Gasteiger partial charge in [-0.25, -0.2) is 27.2 Å². The van der Waals surface area contributed by atoms with Gasteiger partial charge in [0.15, 0.2) is 11.6 Å². The highest BCUT2D eigenvalue weighted by molar-refractivity contribution is 7.92. The van der Waals surface area contributed by atoms with E-state index in [0.717, 1.165) is 23.2 Å². The highest BCUT2D eigenvalue weighted by Crippen LogP contribution is 2.32. The molecule has 0 bridgehead atoms. The van der Waals surface area contributed by atoms with E-state index in [4.69, 9.17) is 11.6 Å². The Bertz CT molecular complexity index is 1960. The number of aromatic amines is 1. The summed E-state index contributed by atoms with van der Waals surface area (Å²) < 4.78 is 60.0. The fourth-order valence-electron chi connectivity index (χ4n) is 4.10. The monoisotopic (exact) mass is 551 g/mol. The maximum Gasteiger partial charge on any atom is 0.263 e. The van der Waals surface area contributed by atoms with Crippen LogP contribution in [-0.4, -0.2) is 37.7 Å². The van der Waals surface area contributed by atoms with Crippen LogP contribution < -0.4 is 4.72 Å². The number of benzene rings is 2. The van der Waals surface area contributed by atoms with Crippen LogP contribution in [0.15, 0.2) is 72.3 Å². The minimum atomic E-state index is -4.28. The maximum atomic E-state index is 15.5. The molecular formula is C25H16ClF2N7O2S. The number of nitrogens with one attached hydrogen (secondary N) is 2. The first kappa shape index (κ1) is 23.9. The molecule has 6 aromatic rings. The van der Waals surface area contributed by atoms with Crippen LogP contribution in [0.3, 0.4) is 0 Å². The Hall–Kier alpha value is -4.42. The Labute approximate surface area is 219 Å². The van der Waals surface area contributed by atoms with Gasteiger partial charge in [-0.05, 0) is 37.3 Å². The van der Waals surface area contributed by atoms with Crippen molar-refractivity contribution in [2.45, 2.75) is 11.8 Å². The largest absolute Gasteiger partial charge is 0.337 e. The average Bonchev–Trinajstić information content (AvgIpc) is 3.51. The summed E-state index contributed by atoms with van der Waals surface area (Å²) in [6.07, 6.45) is 5.59. The summed E-state index contributed by atoms with van der Waals surface area (Å²) in [5.41, 5.74) is 1.78. The number of aromatic nitrogens is 6. The van der Waals surface area contributed by atoms with Crippen LogP contribution in [0.1, 0.15) is 5.69 Å². The topological polar surface area (TPSA) is 118 Å². The third-order valence-electron chi connectivity index (χ3n) is 5.92. The predicted octanol–water partition coefficient (Wildman–Crippen LogP) is 5.38. The molecule has 6 rings (SSSR count). The number of nitrogens with zero attached hydrogens (tertiary/aromatic N) is 5. The van der Waals surface area contributed by atoms with Crippen LogP contribution in [0.4, 0.5) is 14.5 Å². The number of imidazole rings is 2. The molecule has 38 heavy (non-hydrogen) atoms. The average molecular weight is 552 g/mol. The van der Waals surface area contributed by atoms with Crippen molar-refractivity contribution in [2.75, 3.05) is 4.72 Å². The van der Waals surface area contributed by atoms with E-state index in [1.807, 2.05) is 24.3 Å². The Morgan fingerprint density at radius 2 is 1.87 bits per heavy atom. The molecule has 2 aromatic carbocycles. The number of aryl methyl sites for hydroxylation is 1. The summed E-state index contributed by atoms with van der Waals surface area (Å²) in [4.78, 5) is 20.1. The van der Waals surface area contributed by atoms with Crippen molar-refractivity contribution >= 4 is 43.9 Å². The van der Waals surface area contributed by atoms with Crippen LogP contribution >= 0.6 is 11.6 Å². The van der Waals surface area contributed by atoms with Gasteiger partial charge in [-0.3, -0.25) is 14.7 Å². The third-order valence-corrected chi connectivity index (χ3v) is 7.61. The van der Waals surface area contributed by atoms with Crippen LogP contribution in [0.2, 0.25) is 5.02 Å². The van der Waals surface area contributed by atoms with Gasteiger partial charge >= 0.3 is 0 Å². The van der Waals surface area contributed by atoms with Crippen LogP contribution in [0.25, 0.3) is 39.3 Å². The van der Waals surface area contributed by atoms with Crippen molar-refractivity contribution in [1.29, 1.82) is 0 Å². The second-order valence-electron chi connectivity index (χ2n) is 8.39. The molecule has 9 nitrogen and oxygen atoms in total. The molecule has 0 aliphatic rings. The van der Waals surface area contributed by atoms with E-state index in [2.05, 4.69) is 29.6 Å². The first-order chi connectivity index (χ1) is 18.2. The van der Waals surface area contributed by atoms with Crippen molar-refractivity contribution in [3.8, 4) is 22.8 Å². The molecule has 2 N–H and O–H groups in total. The van der Waals surface area contributed by atoms with Gasteiger partial charge in [0.1, 0.15) is 22.7 Å². The molecule has 0 fully saturated rings. The van der Waals surface area contributed by atoms with E-state index < -0.39 is 32.9 Å². The third kappa shape index (κ3) is 4.03. The number of pyridine rings is 1. The Balaban J connectivity index is 1.39. The van der Waals surface area contributed by atoms with Crippen LogP contribution in [0.5, 0.6) is 0 Å². The molecular weight excluding hydrogens is 536 g/mol. The van der Waals surface area contributed by atoms with Gasteiger partial charge in [0.05, 0.1) is 50.4 Å². The van der Waals surface area contributed by atoms with E-state index in [0.29, 0.717) is 17.0 Å². The number of halogens is 3. The van der Waals surface area contributed by atoms with Gasteiger partial charge in [0.2, 0.25) is 0 Å². The molecule has 190 valence electrons. The molecule has 0 spiro atoms. The summed E-state index contributed by atoms with van der Waals surface area (Å²) in [6.45, 7) is 1.47. The molecule has 0 saturated heterocycles. The molecule has 0 aliphatic carbocycles. The number of para-hydroxylation sites is 2. The summed E-state index contributed by atoms with van der Waals surface area (Å²) >= 11 is 5.89. The summed E-state index contributed by atoms with van der Waals surface area (Å²) in [6, 6.07) is 10.7. The first-order valence-corrected chi connectivity index (χ1v) is 13.0. The van der Waals surface area contributed by atoms with E-state index in [9.17, 15) is 12.8 Å². The van der Waals surface area contributed by atoms with Crippen molar-refractivity contribution in [2.24, 2.45) is 0 Å². The van der Waals surface area contributed by atoms with Gasteiger partial charge in [0.25, 0.3) is 10.0 Å². The van der Waals surface area contributed by atoms with Gasteiger partial charge in [-0.2, -0.15) is 0 Å². The Morgan fingerprint density at radius 3 is 2.68 bits per heavy atom. The minimum Gasteiger partial charge on any atom is -0.337 e. The number of H-pyrrole nitrogens is 1. The number of anilines is 1. The molecule has 0 saturated carbocycles. The SMILES string of the molecule is Cc1ncc(Cl)cc1S(=O)(=O)Nc1ccc(F)c(-c2cn3cnc(-c4nc5ccccc5[nH]4)c3cn2)c1F. The zero-order chi connectivity index (χ0) is 26.6. The zero-order valence-corrected chi connectivity index (χ0v) is 21.0. The fourth-order valence-corrected chi connectivity index (χ4v) is 5.60. The number of sulfonamides is 1. The molecule has 0 radical (unpaired) electrons. The number of fused-ring (bicyclic) bond motifs is 2. The first-order valence-electron chi connectivity index (χ1n) is 11.1. The smallest absolute Gasteiger partial charge is 0.263 e. The normalized spacial score (nSPS) is 11.9. The number of hydrogen-bond acceptors (Lipinski definition) is 6. The minimum absolute atomic E-state index is 0.0669. The lowest BCUT2D eigenvalue weighted by molar-refractivity contribution is 0.586. The second-order valence-corrected chi connectivity index (χ2v) is 10.5. The molecule has 4 aromatic heterocycles. The molecule has 13 heteroatoms. The number of hydrogen-bond donors (Lipinski definition) is 2.